The van der Waals surface area contributed by atoms with E-state index in [2.05, 4.69) is 5.32 Å². The van der Waals surface area contributed by atoms with Gasteiger partial charge < -0.3 is 10.2 Å². The Balaban J connectivity index is 1.57. The average Bonchev–Trinajstić information content (AvgIpc) is 3.56. The van der Waals surface area contributed by atoms with Crippen LogP contribution < -0.4 is 9.62 Å². The zero-order valence-corrected chi connectivity index (χ0v) is 28.1. The van der Waals surface area contributed by atoms with Crippen molar-refractivity contribution in [3.05, 3.63) is 129 Å². The highest BCUT2D eigenvalue weighted by Crippen LogP contribution is 2.33. The minimum atomic E-state index is -4.28. The molecule has 1 saturated carbocycles. The fraction of sp³-hybridized carbons (Fsp3) is 0.257. The highest BCUT2D eigenvalue weighted by atomic mass is 35.5. The zero-order chi connectivity index (χ0) is 32.7. The molecule has 0 radical (unpaired) electrons. The van der Waals surface area contributed by atoms with Crippen molar-refractivity contribution >= 4 is 62.3 Å². The molecule has 0 unspecified atom stereocenters. The molecule has 11 heteroatoms. The second-order valence-corrected chi connectivity index (χ2v) is 14.4. The van der Waals surface area contributed by atoms with E-state index >= 15 is 0 Å². The summed E-state index contributed by atoms with van der Waals surface area (Å²) >= 11 is 18.9. The molecule has 4 aromatic carbocycles. The van der Waals surface area contributed by atoms with Gasteiger partial charge in [0.05, 0.1) is 15.6 Å². The Morgan fingerprint density at radius 1 is 0.783 bits per heavy atom. The Labute approximate surface area is 285 Å². The van der Waals surface area contributed by atoms with Crippen molar-refractivity contribution in [3.8, 4) is 0 Å². The molecule has 1 N–H and O–H groups in total. The van der Waals surface area contributed by atoms with Gasteiger partial charge in [0.2, 0.25) is 11.8 Å². The summed E-state index contributed by atoms with van der Waals surface area (Å²) in [5.74, 6) is -0.872. The fourth-order valence-electron chi connectivity index (χ4n) is 5.62. The molecule has 46 heavy (non-hydrogen) atoms. The number of nitrogens with zero attached hydrogens (tertiary/aromatic N) is 2. The van der Waals surface area contributed by atoms with E-state index in [1.807, 2.05) is 30.3 Å². The number of anilines is 1. The van der Waals surface area contributed by atoms with Gasteiger partial charge in [0.15, 0.2) is 0 Å². The van der Waals surface area contributed by atoms with Gasteiger partial charge in [0.25, 0.3) is 10.0 Å². The van der Waals surface area contributed by atoms with Gasteiger partial charge in [-0.05, 0) is 66.4 Å². The molecule has 1 atom stereocenters. The van der Waals surface area contributed by atoms with Crippen LogP contribution in [0, 0.1) is 0 Å². The second kappa shape index (κ2) is 15.4. The average molecular weight is 699 g/mol. The van der Waals surface area contributed by atoms with E-state index in [1.54, 1.807) is 42.5 Å². The Hall–Kier alpha value is -3.56. The second-order valence-electron chi connectivity index (χ2n) is 11.3. The normalized spacial score (nSPS) is 14.1. The molecule has 0 saturated heterocycles. The molecule has 0 spiro atoms. The van der Waals surface area contributed by atoms with Crippen LogP contribution in [0.1, 0.15) is 36.8 Å². The smallest absolute Gasteiger partial charge is 0.264 e. The van der Waals surface area contributed by atoms with Crippen LogP contribution in [0.4, 0.5) is 5.69 Å². The van der Waals surface area contributed by atoms with Crippen molar-refractivity contribution in [2.75, 3.05) is 10.8 Å². The molecule has 7 nitrogen and oxygen atoms in total. The zero-order valence-electron chi connectivity index (χ0n) is 25.0. The number of carbonyl (C=O) groups is 2. The summed E-state index contributed by atoms with van der Waals surface area (Å²) in [7, 11) is -4.28. The fourth-order valence-corrected chi connectivity index (χ4v) is 7.77. The van der Waals surface area contributed by atoms with Crippen molar-refractivity contribution in [2.24, 2.45) is 0 Å². The van der Waals surface area contributed by atoms with Gasteiger partial charge in [-0.3, -0.25) is 13.9 Å². The molecule has 5 rings (SSSR count). The first-order valence-electron chi connectivity index (χ1n) is 15.0. The molecule has 4 aromatic rings. The highest BCUT2D eigenvalue weighted by molar-refractivity contribution is 7.92. The van der Waals surface area contributed by atoms with Gasteiger partial charge in [0, 0.05) is 29.1 Å². The van der Waals surface area contributed by atoms with Crippen LogP contribution in [0.15, 0.2) is 108 Å². The number of halogens is 3. The summed E-state index contributed by atoms with van der Waals surface area (Å²) in [6.07, 6.45) is 4.01. The molecule has 1 aliphatic carbocycles. The van der Waals surface area contributed by atoms with Crippen LogP contribution in [0.25, 0.3) is 0 Å². The standard InChI is InChI=1S/C35H34Cl3N3O4S/c36-27-17-15-26(16-18-27)23-40(33(21-25-9-3-1-4-10-25)35(43)39-29-11-7-8-12-29)34(42)24-41(32-20-19-28(37)22-31(32)38)46(44,45)30-13-5-2-6-14-30/h1-6,9-10,13-20,22,29,33H,7-8,11-12,21,23-24H2,(H,39,43)/t33-/m1/s1. The lowest BCUT2D eigenvalue weighted by molar-refractivity contribution is -0.140. The molecule has 0 aliphatic heterocycles. The van der Waals surface area contributed by atoms with Crippen LogP contribution in [-0.2, 0) is 32.6 Å². The summed E-state index contributed by atoms with van der Waals surface area (Å²) in [5, 5.41) is 4.06. The van der Waals surface area contributed by atoms with Crippen LogP contribution in [0.2, 0.25) is 15.1 Å². The molecular formula is C35H34Cl3N3O4S. The van der Waals surface area contributed by atoms with E-state index < -0.39 is 28.5 Å². The summed E-state index contributed by atoms with van der Waals surface area (Å²) in [6.45, 7) is -0.576. The monoisotopic (exact) mass is 697 g/mol. The Bertz CT molecular complexity index is 1750. The first-order valence-corrected chi connectivity index (χ1v) is 17.6. The van der Waals surface area contributed by atoms with Crippen molar-refractivity contribution in [1.82, 2.24) is 10.2 Å². The van der Waals surface area contributed by atoms with Gasteiger partial charge in [-0.2, -0.15) is 0 Å². The number of hydrogen-bond donors (Lipinski definition) is 1. The lowest BCUT2D eigenvalue weighted by Crippen LogP contribution is -2.54. The van der Waals surface area contributed by atoms with Gasteiger partial charge in [-0.15, -0.1) is 0 Å². The maximum Gasteiger partial charge on any atom is 0.264 e. The Morgan fingerprint density at radius 3 is 2.02 bits per heavy atom. The predicted molar refractivity (Wildman–Crippen MR) is 184 cm³/mol. The lowest BCUT2D eigenvalue weighted by Gasteiger charge is -2.34. The lowest BCUT2D eigenvalue weighted by atomic mass is 10.0. The predicted octanol–water partition coefficient (Wildman–Crippen LogP) is 7.54. The van der Waals surface area contributed by atoms with Gasteiger partial charge in [-0.1, -0.05) is 108 Å². The van der Waals surface area contributed by atoms with Crippen molar-refractivity contribution in [2.45, 2.75) is 55.6 Å². The molecule has 0 heterocycles. The third-order valence-corrected chi connectivity index (χ3v) is 10.6. The third kappa shape index (κ3) is 8.42. The molecule has 2 amide bonds. The summed E-state index contributed by atoms with van der Waals surface area (Å²) < 4.78 is 29.2. The topological polar surface area (TPSA) is 86.8 Å². The minimum Gasteiger partial charge on any atom is -0.352 e. The number of carbonyl (C=O) groups excluding carboxylic acids is 2. The molecule has 1 fully saturated rings. The maximum atomic E-state index is 14.6. The first kappa shape index (κ1) is 33.8. The Morgan fingerprint density at radius 2 is 1.39 bits per heavy atom. The summed E-state index contributed by atoms with van der Waals surface area (Å²) in [4.78, 5) is 30.1. The van der Waals surface area contributed by atoms with Gasteiger partial charge in [0.1, 0.15) is 12.6 Å². The van der Waals surface area contributed by atoms with Crippen LogP contribution >= 0.6 is 34.8 Å². The van der Waals surface area contributed by atoms with Gasteiger partial charge in [-0.25, -0.2) is 8.42 Å². The van der Waals surface area contributed by atoms with E-state index in [0.717, 1.165) is 41.1 Å². The summed E-state index contributed by atoms with van der Waals surface area (Å²) in [6, 6.07) is 27.7. The quantitative estimate of drug-likeness (QED) is 0.166. The van der Waals surface area contributed by atoms with Crippen molar-refractivity contribution in [3.63, 3.8) is 0 Å². The van der Waals surface area contributed by atoms with E-state index in [-0.39, 0.29) is 40.5 Å². The van der Waals surface area contributed by atoms with Crippen LogP contribution in [0.3, 0.4) is 0 Å². The SMILES string of the molecule is O=C(NC1CCCC1)[C@@H](Cc1ccccc1)N(Cc1ccc(Cl)cc1)C(=O)CN(c1ccc(Cl)cc1Cl)S(=O)(=O)c1ccccc1. The summed E-state index contributed by atoms with van der Waals surface area (Å²) in [5.41, 5.74) is 1.67. The maximum absolute atomic E-state index is 14.6. The third-order valence-electron chi connectivity index (χ3n) is 8.03. The number of nitrogens with one attached hydrogen (secondary N) is 1. The number of sulfonamides is 1. The minimum absolute atomic E-state index is 0.0149. The number of amides is 2. The van der Waals surface area contributed by atoms with Crippen LogP contribution in [0.5, 0.6) is 0 Å². The Kier molecular flexibility index (Phi) is 11.3. The van der Waals surface area contributed by atoms with Gasteiger partial charge >= 0.3 is 0 Å². The number of hydrogen-bond acceptors (Lipinski definition) is 4. The van der Waals surface area contributed by atoms with Crippen molar-refractivity contribution in [1.29, 1.82) is 0 Å². The number of benzene rings is 4. The van der Waals surface area contributed by atoms with E-state index in [0.29, 0.717) is 10.0 Å². The first-order chi connectivity index (χ1) is 22.1. The van der Waals surface area contributed by atoms with E-state index in [1.165, 1.54) is 35.2 Å². The van der Waals surface area contributed by atoms with E-state index in [9.17, 15) is 18.0 Å². The highest BCUT2D eigenvalue weighted by Gasteiger charge is 2.36. The molecule has 240 valence electrons. The molecule has 0 bridgehead atoms. The molecular weight excluding hydrogens is 665 g/mol. The van der Waals surface area contributed by atoms with Crippen molar-refractivity contribution < 1.29 is 18.0 Å². The number of rotatable bonds is 12. The largest absolute Gasteiger partial charge is 0.352 e. The van der Waals surface area contributed by atoms with E-state index in [4.69, 9.17) is 34.8 Å². The molecule has 1 aliphatic rings. The van der Waals surface area contributed by atoms with Crippen LogP contribution in [-0.4, -0.2) is 43.8 Å². The molecule has 0 aromatic heterocycles.